The Morgan fingerprint density at radius 2 is 2.04 bits per heavy atom. The quantitative estimate of drug-likeness (QED) is 0.767. The summed E-state index contributed by atoms with van der Waals surface area (Å²) in [6.45, 7) is 0. The average Bonchev–Trinajstić information content (AvgIpc) is 3.21. The van der Waals surface area contributed by atoms with Gasteiger partial charge in [0.15, 0.2) is 11.5 Å². The molecule has 2 aromatic rings. The van der Waals surface area contributed by atoms with Gasteiger partial charge in [0.2, 0.25) is 5.91 Å². The van der Waals surface area contributed by atoms with E-state index in [0.717, 1.165) is 31.2 Å². The van der Waals surface area contributed by atoms with Crippen LogP contribution in [0.1, 0.15) is 48.1 Å². The zero-order valence-corrected chi connectivity index (χ0v) is 15.3. The number of carbonyl (C=O) groups is 1. The topological polar surface area (TPSA) is 96.4 Å². The van der Waals surface area contributed by atoms with Crippen LogP contribution in [0, 0.1) is 0 Å². The number of phenolic OH excluding ortho intramolecular Hbond substituents is 1. The van der Waals surface area contributed by atoms with Crippen LogP contribution in [0.15, 0.2) is 23.0 Å². The van der Waals surface area contributed by atoms with Crippen LogP contribution in [0.3, 0.4) is 0 Å². The molecular weight excluding hydrogens is 354 g/mol. The molecule has 8 heteroatoms. The van der Waals surface area contributed by atoms with Crippen molar-refractivity contribution in [3.63, 3.8) is 0 Å². The number of H-pyrrole nitrogens is 1. The number of aromatic nitrogens is 2. The first-order valence-corrected chi connectivity index (χ1v) is 9.76. The number of ether oxygens (including phenoxy) is 1. The van der Waals surface area contributed by atoms with E-state index in [1.807, 2.05) is 10.7 Å². The molecule has 2 heterocycles. The minimum Gasteiger partial charge on any atom is -0.504 e. The lowest BCUT2D eigenvalue weighted by Crippen LogP contribution is -2.18. The Labute approximate surface area is 154 Å². The van der Waals surface area contributed by atoms with Crippen LogP contribution in [0.4, 0.5) is 5.82 Å². The molecular formula is C18H21N3O4S. The highest BCUT2D eigenvalue weighted by Crippen LogP contribution is 2.43. The van der Waals surface area contributed by atoms with Crippen molar-refractivity contribution in [3.05, 3.63) is 39.7 Å². The number of carbonyl (C=O) groups excluding carboxylic acids is 1. The lowest BCUT2D eigenvalue weighted by atomic mass is 10.1. The number of hydrogen-bond acceptors (Lipinski definition) is 5. The second-order valence-corrected chi connectivity index (χ2v) is 7.78. The molecule has 0 radical (unpaired) electrons. The van der Waals surface area contributed by atoms with E-state index in [2.05, 4.69) is 10.4 Å². The molecule has 0 spiro atoms. The van der Waals surface area contributed by atoms with E-state index in [9.17, 15) is 14.7 Å². The van der Waals surface area contributed by atoms with Crippen molar-refractivity contribution in [1.82, 2.24) is 9.78 Å². The molecule has 1 fully saturated rings. The summed E-state index contributed by atoms with van der Waals surface area (Å²) in [7, 11) is 1.49. The van der Waals surface area contributed by atoms with E-state index in [1.165, 1.54) is 18.9 Å². The van der Waals surface area contributed by atoms with Gasteiger partial charge in [-0.05, 0) is 30.5 Å². The van der Waals surface area contributed by atoms with Gasteiger partial charge in [0.05, 0.1) is 29.7 Å². The number of rotatable bonds is 3. The summed E-state index contributed by atoms with van der Waals surface area (Å²) >= 11 is 1.38. The Balaban J connectivity index is 1.82. The SMILES string of the molecule is COc1ccc([C@@H]2SCC(=O)Nc3c2c(=O)[nH]n3C2CCCC2)cc1O. The van der Waals surface area contributed by atoms with Crippen LogP contribution in [-0.4, -0.2) is 33.7 Å². The van der Waals surface area contributed by atoms with Gasteiger partial charge >= 0.3 is 0 Å². The summed E-state index contributed by atoms with van der Waals surface area (Å²) in [5.74, 6) is 1.08. The van der Waals surface area contributed by atoms with Gasteiger partial charge in [-0.3, -0.25) is 19.4 Å². The molecule has 1 atom stereocenters. The minimum absolute atomic E-state index is 0.0161. The number of aromatic amines is 1. The van der Waals surface area contributed by atoms with Gasteiger partial charge in [0.25, 0.3) is 5.56 Å². The third-order valence-electron chi connectivity index (χ3n) is 5.06. The van der Waals surface area contributed by atoms with Gasteiger partial charge < -0.3 is 15.2 Å². The molecule has 0 unspecified atom stereocenters. The Morgan fingerprint density at radius 3 is 2.73 bits per heavy atom. The minimum atomic E-state index is -0.341. The van der Waals surface area contributed by atoms with Crippen LogP contribution in [-0.2, 0) is 4.79 Å². The lowest BCUT2D eigenvalue weighted by molar-refractivity contribution is -0.113. The second kappa shape index (κ2) is 6.75. The predicted molar refractivity (Wildman–Crippen MR) is 100 cm³/mol. The highest BCUT2D eigenvalue weighted by molar-refractivity contribution is 8.00. The van der Waals surface area contributed by atoms with Gasteiger partial charge in [-0.15, -0.1) is 11.8 Å². The Morgan fingerprint density at radius 1 is 1.27 bits per heavy atom. The van der Waals surface area contributed by atoms with E-state index >= 15 is 0 Å². The highest BCUT2D eigenvalue weighted by Gasteiger charge is 2.33. The summed E-state index contributed by atoms with van der Waals surface area (Å²) in [6, 6.07) is 5.30. The number of hydrogen-bond donors (Lipinski definition) is 3. The number of thioether (sulfide) groups is 1. The third-order valence-corrected chi connectivity index (χ3v) is 6.33. The molecule has 4 rings (SSSR count). The first kappa shape index (κ1) is 17.1. The van der Waals surface area contributed by atoms with Crippen molar-refractivity contribution in [2.75, 3.05) is 18.2 Å². The van der Waals surface area contributed by atoms with Crippen LogP contribution in [0.25, 0.3) is 0 Å². The fourth-order valence-electron chi connectivity index (χ4n) is 3.81. The maximum Gasteiger partial charge on any atom is 0.270 e. The van der Waals surface area contributed by atoms with E-state index in [1.54, 1.807) is 12.1 Å². The van der Waals surface area contributed by atoms with Crippen molar-refractivity contribution in [1.29, 1.82) is 0 Å². The van der Waals surface area contributed by atoms with Gasteiger partial charge in [-0.1, -0.05) is 18.9 Å². The standard InChI is InChI=1S/C18H21N3O4S/c1-25-13-7-6-10(8-12(13)22)16-15-17(19-14(23)9-26-16)21(20-18(15)24)11-4-2-3-5-11/h6-8,11,16,22H,2-5,9H2,1H3,(H,19,23)(H,20,24)/t16-/m0/s1. The molecule has 7 nitrogen and oxygen atoms in total. The maximum absolute atomic E-state index is 12.8. The predicted octanol–water partition coefficient (Wildman–Crippen LogP) is 2.78. The summed E-state index contributed by atoms with van der Waals surface area (Å²) < 4.78 is 6.94. The molecule has 26 heavy (non-hydrogen) atoms. The van der Waals surface area contributed by atoms with Gasteiger partial charge in [0.1, 0.15) is 5.82 Å². The van der Waals surface area contributed by atoms with E-state index in [4.69, 9.17) is 4.74 Å². The number of nitrogens with zero attached hydrogens (tertiary/aromatic N) is 1. The largest absolute Gasteiger partial charge is 0.504 e. The molecule has 2 aliphatic rings. The molecule has 1 aromatic heterocycles. The summed E-state index contributed by atoms with van der Waals surface area (Å²) in [6.07, 6.45) is 4.23. The van der Waals surface area contributed by atoms with E-state index in [-0.39, 0.29) is 34.3 Å². The number of nitrogens with one attached hydrogen (secondary N) is 2. The number of methoxy groups -OCH3 is 1. The number of fused-ring (bicyclic) bond motifs is 1. The summed E-state index contributed by atoms with van der Waals surface area (Å²) in [5.41, 5.74) is 1.11. The molecule has 3 N–H and O–H groups in total. The first-order chi connectivity index (χ1) is 12.6. The van der Waals surface area contributed by atoms with Crippen LogP contribution in [0.5, 0.6) is 11.5 Å². The molecule has 1 amide bonds. The number of benzene rings is 1. The van der Waals surface area contributed by atoms with Crippen molar-refractivity contribution in [2.45, 2.75) is 37.0 Å². The summed E-state index contributed by atoms with van der Waals surface area (Å²) in [5, 5.41) is 15.6. The molecule has 0 saturated heterocycles. The first-order valence-electron chi connectivity index (χ1n) is 8.71. The smallest absolute Gasteiger partial charge is 0.270 e. The molecule has 0 bridgehead atoms. The van der Waals surface area contributed by atoms with Crippen LogP contribution in [0.2, 0.25) is 0 Å². The molecule has 1 aliphatic carbocycles. The third kappa shape index (κ3) is 2.88. The Bertz CT molecular complexity index is 898. The fourth-order valence-corrected chi connectivity index (χ4v) is 4.93. The van der Waals surface area contributed by atoms with Crippen molar-refractivity contribution < 1.29 is 14.6 Å². The number of phenols is 1. The van der Waals surface area contributed by atoms with Gasteiger partial charge in [-0.25, -0.2) is 0 Å². The zero-order valence-electron chi connectivity index (χ0n) is 14.4. The second-order valence-electron chi connectivity index (χ2n) is 6.68. The van der Waals surface area contributed by atoms with Crippen LogP contribution >= 0.6 is 11.8 Å². The Kier molecular flexibility index (Phi) is 4.44. The van der Waals surface area contributed by atoms with Crippen molar-refractivity contribution >= 4 is 23.5 Å². The monoisotopic (exact) mass is 375 g/mol. The van der Waals surface area contributed by atoms with Crippen molar-refractivity contribution in [2.24, 2.45) is 0 Å². The lowest BCUT2D eigenvalue weighted by Gasteiger charge is -2.17. The number of anilines is 1. The average molecular weight is 375 g/mol. The normalized spacial score (nSPS) is 20.5. The zero-order chi connectivity index (χ0) is 18.3. The highest BCUT2D eigenvalue weighted by atomic mass is 32.2. The van der Waals surface area contributed by atoms with Gasteiger partial charge in [-0.2, -0.15) is 0 Å². The Hall–Kier alpha value is -2.35. The number of amides is 1. The molecule has 1 aromatic carbocycles. The van der Waals surface area contributed by atoms with Gasteiger partial charge in [0, 0.05) is 0 Å². The van der Waals surface area contributed by atoms with Crippen molar-refractivity contribution in [3.8, 4) is 11.5 Å². The van der Waals surface area contributed by atoms with Crippen LogP contribution < -0.4 is 15.6 Å². The number of aromatic hydroxyl groups is 1. The maximum atomic E-state index is 12.8. The van der Waals surface area contributed by atoms with E-state index in [0.29, 0.717) is 17.1 Å². The molecule has 1 saturated carbocycles. The summed E-state index contributed by atoms with van der Waals surface area (Å²) in [4.78, 5) is 25.0. The fraction of sp³-hybridized carbons (Fsp3) is 0.444. The molecule has 138 valence electrons. The van der Waals surface area contributed by atoms with E-state index < -0.39 is 0 Å². The molecule has 1 aliphatic heterocycles.